The largest absolute Gasteiger partial charge is 0.373 e. The predicted octanol–water partition coefficient (Wildman–Crippen LogP) is 2.96. The number of nitrogens with one attached hydrogen (secondary N) is 2. The Bertz CT molecular complexity index is 463. The zero-order chi connectivity index (χ0) is 12.8. The van der Waals surface area contributed by atoms with Crippen LogP contribution < -0.4 is 10.6 Å². The maximum atomic E-state index is 4.42. The van der Waals surface area contributed by atoms with Gasteiger partial charge in [0.2, 0.25) is 0 Å². The molecular weight excluding hydrogens is 264 g/mol. The third-order valence-corrected chi connectivity index (χ3v) is 3.89. The Morgan fingerprint density at radius 3 is 2.83 bits per heavy atom. The van der Waals surface area contributed by atoms with Crippen molar-refractivity contribution in [2.45, 2.75) is 11.6 Å². The van der Waals surface area contributed by atoms with Gasteiger partial charge in [0, 0.05) is 24.5 Å². The Hall–Kier alpha value is -1.27. The van der Waals surface area contributed by atoms with Gasteiger partial charge in [-0.1, -0.05) is 17.8 Å². The van der Waals surface area contributed by atoms with Crippen LogP contribution in [0.25, 0.3) is 0 Å². The average Bonchev–Trinajstić information content (AvgIpc) is 2.91. The molecule has 96 valence electrons. The predicted molar refractivity (Wildman–Crippen MR) is 79.9 cm³/mol. The molecule has 2 N–H and O–H groups in total. The van der Waals surface area contributed by atoms with E-state index in [1.54, 1.807) is 23.1 Å². The zero-order valence-corrected chi connectivity index (χ0v) is 12.1. The smallest absolute Gasteiger partial charge is 0.191 e. The van der Waals surface area contributed by atoms with Crippen LogP contribution >= 0.6 is 23.1 Å². The van der Waals surface area contributed by atoms with Crippen LogP contribution in [0.2, 0.25) is 0 Å². The van der Waals surface area contributed by atoms with Crippen LogP contribution in [0.15, 0.2) is 28.7 Å². The summed E-state index contributed by atoms with van der Waals surface area (Å²) in [5.41, 5.74) is 0. The molecule has 0 aromatic carbocycles. The first-order chi connectivity index (χ1) is 8.81. The molecule has 0 atom stereocenters. The van der Waals surface area contributed by atoms with Gasteiger partial charge in [-0.05, 0) is 24.1 Å². The highest BCUT2D eigenvalue weighted by Gasteiger charge is 2.02. The third-order valence-electron chi connectivity index (χ3n) is 2.40. The van der Waals surface area contributed by atoms with Crippen LogP contribution in [0, 0.1) is 0 Å². The summed E-state index contributed by atoms with van der Waals surface area (Å²) in [5, 5.41) is 9.26. The highest BCUT2D eigenvalue weighted by molar-refractivity contribution is 7.98. The Morgan fingerprint density at radius 2 is 2.17 bits per heavy atom. The Morgan fingerprint density at radius 1 is 1.33 bits per heavy atom. The summed E-state index contributed by atoms with van der Waals surface area (Å²) in [5.74, 6) is 1.71. The molecule has 4 nitrogen and oxygen atoms in total. The maximum Gasteiger partial charge on any atom is 0.191 e. The molecule has 0 saturated carbocycles. The average molecular weight is 280 g/mol. The molecular formula is C12H16N4S2. The standard InChI is InChI=1S/C12H16N4S2/c1-13-10-8-11(16-12(15-10)17-2)14-6-5-9-4-3-7-18-9/h3-4,7-8H,5-6H2,1-2H3,(H2,13,14,15,16). The van der Waals surface area contributed by atoms with Gasteiger partial charge in [0.15, 0.2) is 5.16 Å². The fourth-order valence-corrected chi connectivity index (χ4v) is 2.59. The lowest BCUT2D eigenvalue weighted by molar-refractivity contribution is 0.947. The fourth-order valence-electron chi connectivity index (χ4n) is 1.50. The molecule has 2 rings (SSSR count). The monoisotopic (exact) mass is 280 g/mol. The second-order valence-corrected chi connectivity index (χ2v) is 5.44. The van der Waals surface area contributed by atoms with Crippen molar-refractivity contribution in [2.24, 2.45) is 0 Å². The van der Waals surface area contributed by atoms with E-state index in [0.717, 1.165) is 29.8 Å². The van der Waals surface area contributed by atoms with E-state index in [9.17, 15) is 0 Å². The number of thiophene rings is 1. The number of anilines is 2. The molecule has 0 unspecified atom stereocenters. The Labute approximate surface area is 115 Å². The summed E-state index contributed by atoms with van der Waals surface area (Å²) in [6.45, 7) is 0.883. The van der Waals surface area contributed by atoms with Crippen molar-refractivity contribution in [2.75, 3.05) is 30.5 Å². The van der Waals surface area contributed by atoms with Crippen molar-refractivity contribution < 1.29 is 0 Å². The third kappa shape index (κ3) is 3.61. The van der Waals surface area contributed by atoms with E-state index in [0.29, 0.717) is 0 Å². The first-order valence-corrected chi connectivity index (χ1v) is 7.79. The summed E-state index contributed by atoms with van der Waals surface area (Å²) < 4.78 is 0. The summed E-state index contributed by atoms with van der Waals surface area (Å²) >= 11 is 3.33. The molecule has 6 heteroatoms. The van der Waals surface area contributed by atoms with Gasteiger partial charge in [0.25, 0.3) is 0 Å². The maximum absolute atomic E-state index is 4.42. The van der Waals surface area contributed by atoms with E-state index >= 15 is 0 Å². The Balaban J connectivity index is 1.95. The van der Waals surface area contributed by atoms with Crippen molar-refractivity contribution in [1.29, 1.82) is 0 Å². The van der Waals surface area contributed by atoms with Gasteiger partial charge in [-0.15, -0.1) is 11.3 Å². The topological polar surface area (TPSA) is 49.8 Å². The molecule has 0 fully saturated rings. The number of aromatic nitrogens is 2. The van der Waals surface area contributed by atoms with E-state index in [1.165, 1.54) is 4.88 Å². The van der Waals surface area contributed by atoms with Gasteiger partial charge >= 0.3 is 0 Å². The molecule has 0 aliphatic carbocycles. The van der Waals surface area contributed by atoms with Crippen molar-refractivity contribution >= 4 is 34.7 Å². The van der Waals surface area contributed by atoms with Crippen molar-refractivity contribution in [3.63, 3.8) is 0 Å². The van der Waals surface area contributed by atoms with Crippen molar-refractivity contribution in [3.8, 4) is 0 Å². The summed E-state index contributed by atoms with van der Waals surface area (Å²) in [6.07, 6.45) is 3.00. The normalized spacial score (nSPS) is 10.3. The molecule has 2 aromatic rings. The number of nitrogens with zero attached hydrogens (tertiary/aromatic N) is 2. The van der Waals surface area contributed by atoms with Crippen LogP contribution in [-0.2, 0) is 6.42 Å². The summed E-state index contributed by atoms with van der Waals surface area (Å²) in [4.78, 5) is 10.1. The zero-order valence-electron chi connectivity index (χ0n) is 10.4. The van der Waals surface area contributed by atoms with Crippen LogP contribution in [-0.4, -0.2) is 29.8 Å². The van der Waals surface area contributed by atoms with E-state index in [1.807, 2.05) is 19.4 Å². The highest BCUT2D eigenvalue weighted by atomic mass is 32.2. The van der Waals surface area contributed by atoms with Gasteiger partial charge < -0.3 is 10.6 Å². The van der Waals surface area contributed by atoms with Gasteiger partial charge in [0.1, 0.15) is 11.6 Å². The van der Waals surface area contributed by atoms with Crippen molar-refractivity contribution in [1.82, 2.24) is 9.97 Å². The molecule has 0 aliphatic heterocycles. The van der Waals surface area contributed by atoms with Crippen LogP contribution in [0.4, 0.5) is 11.6 Å². The second-order valence-electron chi connectivity index (χ2n) is 3.63. The lowest BCUT2D eigenvalue weighted by atomic mass is 10.3. The Kier molecular flexibility index (Phi) is 4.83. The first-order valence-electron chi connectivity index (χ1n) is 5.69. The fraction of sp³-hybridized carbons (Fsp3) is 0.333. The number of rotatable bonds is 6. The minimum Gasteiger partial charge on any atom is -0.373 e. The molecule has 2 aromatic heterocycles. The molecule has 0 saturated heterocycles. The van der Waals surface area contributed by atoms with E-state index in [-0.39, 0.29) is 0 Å². The van der Waals surface area contributed by atoms with Crippen LogP contribution in [0.3, 0.4) is 0 Å². The van der Waals surface area contributed by atoms with Gasteiger partial charge in [0.05, 0.1) is 0 Å². The molecule has 0 bridgehead atoms. The highest BCUT2D eigenvalue weighted by Crippen LogP contribution is 2.17. The SMILES string of the molecule is CNc1cc(NCCc2cccs2)nc(SC)n1. The van der Waals surface area contributed by atoms with E-state index < -0.39 is 0 Å². The lowest BCUT2D eigenvalue weighted by Crippen LogP contribution is -2.07. The molecule has 0 spiro atoms. The van der Waals surface area contributed by atoms with Crippen LogP contribution in [0.1, 0.15) is 4.88 Å². The van der Waals surface area contributed by atoms with Crippen LogP contribution in [0.5, 0.6) is 0 Å². The number of hydrogen-bond donors (Lipinski definition) is 2. The van der Waals surface area contributed by atoms with E-state index in [4.69, 9.17) is 0 Å². The van der Waals surface area contributed by atoms with Crippen molar-refractivity contribution in [3.05, 3.63) is 28.5 Å². The van der Waals surface area contributed by atoms with Gasteiger partial charge in [-0.3, -0.25) is 0 Å². The molecule has 0 radical (unpaired) electrons. The van der Waals surface area contributed by atoms with Gasteiger partial charge in [-0.2, -0.15) is 0 Å². The quantitative estimate of drug-likeness (QED) is 0.629. The van der Waals surface area contributed by atoms with E-state index in [2.05, 4.69) is 38.1 Å². The lowest BCUT2D eigenvalue weighted by Gasteiger charge is -2.08. The summed E-state index contributed by atoms with van der Waals surface area (Å²) in [7, 11) is 1.86. The molecule has 0 aliphatic rings. The second kappa shape index (κ2) is 6.61. The number of thioether (sulfide) groups is 1. The molecule has 18 heavy (non-hydrogen) atoms. The minimum atomic E-state index is 0.778. The first kappa shape index (κ1) is 13.2. The molecule has 2 heterocycles. The van der Waals surface area contributed by atoms with Gasteiger partial charge in [-0.25, -0.2) is 9.97 Å². The number of hydrogen-bond acceptors (Lipinski definition) is 6. The minimum absolute atomic E-state index is 0.778. The summed E-state index contributed by atoms with van der Waals surface area (Å²) in [6, 6.07) is 6.16. The molecule has 0 amide bonds.